The summed E-state index contributed by atoms with van der Waals surface area (Å²) in [6.45, 7) is 5.11. The van der Waals surface area contributed by atoms with Crippen LogP contribution >= 0.6 is 0 Å². The van der Waals surface area contributed by atoms with Gasteiger partial charge < -0.3 is 14.5 Å². The van der Waals surface area contributed by atoms with Gasteiger partial charge in [0, 0.05) is 13.2 Å². The maximum absolute atomic E-state index is 5.44. The fourth-order valence-corrected chi connectivity index (χ4v) is 1.94. The molecule has 92 valence electrons. The third-order valence-electron chi connectivity index (χ3n) is 2.74. The van der Waals surface area contributed by atoms with Crippen LogP contribution in [0.1, 0.15) is 44.9 Å². The van der Waals surface area contributed by atoms with Crippen LogP contribution < -0.4 is 5.32 Å². The van der Waals surface area contributed by atoms with Gasteiger partial charge in [-0.1, -0.05) is 20.3 Å². The summed E-state index contributed by atoms with van der Waals surface area (Å²) in [6, 6.07) is 4.66. The summed E-state index contributed by atoms with van der Waals surface area (Å²) in [5, 5.41) is 3.59. The van der Waals surface area contributed by atoms with Crippen LogP contribution in [0.2, 0.25) is 0 Å². The molecule has 0 fully saturated rings. The minimum Gasteiger partial charge on any atom is -0.468 e. The third-order valence-corrected chi connectivity index (χ3v) is 2.74. The van der Waals surface area contributed by atoms with E-state index >= 15 is 0 Å². The normalized spacial score (nSPS) is 14.9. The van der Waals surface area contributed by atoms with Crippen LogP contribution in [0, 0.1) is 0 Å². The van der Waals surface area contributed by atoms with Gasteiger partial charge in [-0.2, -0.15) is 0 Å². The average Bonchev–Trinajstić information content (AvgIpc) is 2.79. The number of ether oxygens (including phenoxy) is 1. The molecule has 0 aliphatic carbocycles. The Morgan fingerprint density at radius 1 is 1.44 bits per heavy atom. The highest BCUT2D eigenvalue weighted by Gasteiger charge is 2.16. The molecule has 0 aromatic carbocycles. The van der Waals surface area contributed by atoms with Crippen LogP contribution in [-0.2, 0) is 4.74 Å². The lowest BCUT2D eigenvalue weighted by Gasteiger charge is -2.23. The molecule has 2 atom stereocenters. The van der Waals surface area contributed by atoms with Crippen molar-refractivity contribution in [2.24, 2.45) is 0 Å². The summed E-state index contributed by atoms with van der Waals surface area (Å²) in [5.74, 6) is 1.01. The van der Waals surface area contributed by atoms with E-state index in [1.807, 2.05) is 12.1 Å². The number of hydrogen-bond donors (Lipinski definition) is 1. The second-order valence-corrected chi connectivity index (χ2v) is 4.08. The molecule has 16 heavy (non-hydrogen) atoms. The van der Waals surface area contributed by atoms with Crippen molar-refractivity contribution in [1.29, 1.82) is 0 Å². The second kappa shape index (κ2) is 7.47. The highest BCUT2D eigenvalue weighted by atomic mass is 16.5. The smallest absolute Gasteiger partial charge is 0.120 e. The Balaban J connectivity index is 2.53. The first-order valence-electron chi connectivity index (χ1n) is 6.10. The van der Waals surface area contributed by atoms with E-state index in [2.05, 4.69) is 19.2 Å². The van der Waals surface area contributed by atoms with Crippen LogP contribution in [0.15, 0.2) is 22.8 Å². The molecule has 0 aliphatic heterocycles. The van der Waals surface area contributed by atoms with Crippen molar-refractivity contribution in [3.8, 4) is 0 Å². The number of nitrogens with one attached hydrogen (secondary N) is 1. The zero-order chi connectivity index (χ0) is 11.8. The molecule has 3 nitrogen and oxygen atoms in total. The van der Waals surface area contributed by atoms with E-state index in [4.69, 9.17) is 9.15 Å². The Hall–Kier alpha value is -0.800. The first kappa shape index (κ1) is 13.3. The molecule has 0 saturated carbocycles. The zero-order valence-corrected chi connectivity index (χ0v) is 10.5. The van der Waals surface area contributed by atoms with E-state index < -0.39 is 0 Å². The van der Waals surface area contributed by atoms with Crippen LogP contribution in [0.5, 0.6) is 0 Å². The van der Waals surface area contributed by atoms with Gasteiger partial charge in [-0.05, 0) is 25.0 Å². The van der Waals surface area contributed by atoms with E-state index in [0.29, 0.717) is 12.1 Å². The Morgan fingerprint density at radius 3 is 2.75 bits per heavy atom. The predicted octanol–water partition coefficient (Wildman–Crippen LogP) is 3.14. The van der Waals surface area contributed by atoms with Crippen LogP contribution in [0.4, 0.5) is 0 Å². The van der Waals surface area contributed by atoms with Gasteiger partial charge in [0.05, 0.1) is 18.9 Å². The van der Waals surface area contributed by atoms with Gasteiger partial charge in [0.15, 0.2) is 0 Å². The molecule has 2 unspecified atom stereocenters. The van der Waals surface area contributed by atoms with Crippen molar-refractivity contribution in [1.82, 2.24) is 5.32 Å². The molecule has 0 aliphatic rings. The summed E-state index contributed by atoms with van der Waals surface area (Å²) in [7, 11) is 1.75. The van der Waals surface area contributed by atoms with E-state index in [0.717, 1.165) is 31.6 Å². The molecule has 0 amide bonds. The fourth-order valence-electron chi connectivity index (χ4n) is 1.94. The molecule has 0 bridgehead atoms. The fraction of sp³-hybridized carbons (Fsp3) is 0.692. The van der Waals surface area contributed by atoms with Crippen molar-refractivity contribution < 1.29 is 9.15 Å². The summed E-state index contributed by atoms with van der Waals surface area (Å²) < 4.78 is 10.7. The molecular weight excluding hydrogens is 202 g/mol. The molecule has 1 aromatic heterocycles. The van der Waals surface area contributed by atoms with Gasteiger partial charge in [0.1, 0.15) is 5.76 Å². The summed E-state index contributed by atoms with van der Waals surface area (Å²) >= 11 is 0. The molecule has 0 spiro atoms. The molecule has 3 heteroatoms. The first-order valence-corrected chi connectivity index (χ1v) is 6.10. The lowest BCUT2D eigenvalue weighted by molar-refractivity contribution is 0.153. The maximum atomic E-state index is 5.44. The van der Waals surface area contributed by atoms with Gasteiger partial charge in [-0.25, -0.2) is 0 Å². The Kier molecular flexibility index (Phi) is 6.19. The molecule has 1 rings (SSSR count). The number of methoxy groups -OCH3 is 1. The standard InChI is InChI=1S/C13H23NO2/c1-4-7-11(10-15-3)14-12(5-2)13-8-6-9-16-13/h6,8-9,11-12,14H,4-5,7,10H2,1-3H3. The van der Waals surface area contributed by atoms with Gasteiger partial charge >= 0.3 is 0 Å². The second-order valence-electron chi connectivity index (χ2n) is 4.08. The minimum absolute atomic E-state index is 0.293. The first-order chi connectivity index (χ1) is 7.81. The molecule has 1 N–H and O–H groups in total. The van der Waals surface area contributed by atoms with Crippen molar-refractivity contribution >= 4 is 0 Å². The SMILES string of the molecule is CCCC(COC)NC(CC)c1ccco1. The van der Waals surface area contributed by atoms with Gasteiger partial charge in [-0.3, -0.25) is 0 Å². The van der Waals surface area contributed by atoms with Gasteiger partial charge in [-0.15, -0.1) is 0 Å². The van der Waals surface area contributed by atoms with Crippen LogP contribution in [0.25, 0.3) is 0 Å². The third kappa shape index (κ3) is 3.99. The Labute approximate surface area is 98.2 Å². The van der Waals surface area contributed by atoms with Gasteiger partial charge in [0.25, 0.3) is 0 Å². The molecule has 0 radical (unpaired) electrons. The average molecular weight is 225 g/mol. The number of rotatable bonds is 8. The van der Waals surface area contributed by atoms with E-state index in [1.165, 1.54) is 0 Å². The maximum Gasteiger partial charge on any atom is 0.120 e. The van der Waals surface area contributed by atoms with E-state index in [1.54, 1.807) is 13.4 Å². The highest BCUT2D eigenvalue weighted by molar-refractivity contribution is 5.04. The monoisotopic (exact) mass is 225 g/mol. The number of furan rings is 1. The van der Waals surface area contributed by atoms with Crippen molar-refractivity contribution in [2.45, 2.75) is 45.2 Å². The van der Waals surface area contributed by atoms with Gasteiger partial charge in [0.2, 0.25) is 0 Å². The zero-order valence-electron chi connectivity index (χ0n) is 10.5. The quantitative estimate of drug-likeness (QED) is 0.738. The lowest BCUT2D eigenvalue weighted by Crippen LogP contribution is -2.35. The topological polar surface area (TPSA) is 34.4 Å². The van der Waals surface area contributed by atoms with Crippen molar-refractivity contribution in [2.75, 3.05) is 13.7 Å². The molecule has 0 saturated heterocycles. The molecule has 1 heterocycles. The Bertz CT molecular complexity index is 253. The van der Waals surface area contributed by atoms with Crippen molar-refractivity contribution in [3.05, 3.63) is 24.2 Å². The van der Waals surface area contributed by atoms with Crippen LogP contribution in [-0.4, -0.2) is 19.8 Å². The molecular formula is C13H23NO2. The summed E-state index contributed by atoms with van der Waals surface area (Å²) in [5.41, 5.74) is 0. The minimum atomic E-state index is 0.293. The van der Waals surface area contributed by atoms with E-state index in [9.17, 15) is 0 Å². The highest BCUT2D eigenvalue weighted by Crippen LogP contribution is 2.18. The molecule has 1 aromatic rings. The predicted molar refractivity (Wildman–Crippen MR) is 65.4 cm³/mol. The lowest BCUT2D eigenvalue weighted by atomic mass is 10.1. The Morgan fingerprint density at radius 2 is 2.25 bits per heavy atom. The van der Waals surface area contributed by atoms with Crippen LogP contribution in [0.3, 0.4) is 0 Å². The summed E-state index contributed by atoms with van der Waals surface area (Å²) in [4.78, 5) is 0. The van der Waals surface area contributed by atoms with Crippen molar-refractivity contribution in [3.63, 3.8) is 0 Å². The van der Waals surface area contributed by atoms with E-state index in [-0.39, 0.29) is 0 Å². The number of hydrogen-bond acceptors (Lipinski definition) is 3. The largest absolute Gasteiger partial charge is 0.468 e. The summed E-state index contributed by atoms with van der Waals surface area (Å²) in [6.07, 6.45) is 5.04.